The van der Waals surface area contributed by atoms with E-state index in [9.17, 15) is 0 Å². The number of ether oxygens (including phenoxy) is 1. The van der Waals surface area contributed by atoms with Crippen LogP contribution in [0.3, 0.4) is 0 Å². The van der Waals surface area contributed by atoms with Crippen LogP contribution in [-0.4, -0.2) is 38.5 Å². The van der Waals surface area contributed by atoms with E-state index in [1.54, 1.807) is 0 Å². The van der Waals surface area contributed by atoms with Crippen LogP contribution in [0, 0.1) is 0 Å². The van der Waals surface area contributed by atoms with Gasteiger partial charge in [0.05, 0.1) is 6.61 Å². The molecule has 0 aromatic carbocycles. The Kier molecular flexibility index (Phi) is 8.77. The Bertz CT molecular complexity index is 51.6. The minimum absolute atomic E-state index is 0.273. The van der Waals surface area contributed by atoms with Crippen molar-refractivity contribution in [3.8, 4) is 0 Å². The molecule has 0 rings (SSSR count). The van der Waals surface area contributed by atoms with Crippen molar-refractivity contribution in [1.29, 1.82) is 0 Å². The van der Waals surface area contributed by atoms with E-state index < -0.39 is 0 Å². The molecule has 0 aliphatic rings. The van der Waals surface area contributed by atoms with Gasteiger partial charge in [-0.3, -0.25) is 0 Å². The normalized spacial score (nSPS) is 10.2. The smallest absolute Gasteiger partial charge is 0.0590 e. The number of aliphatic hydroxyl groups is 1. The SMILES string of the molecule is CNCCOCCCCO. The van der Waals surface area contributed by atoms with Gasteiger partial charge in [0.15, 0.2) is 0 Å². The van der Waals surface area contributed by atoms with Crippen LogP contribution in [0.25, 0.3) is 0 Å². The topological polar surface area (TPSA) is 41.5 Å². The fraction of sp³-hybridized carbons (Fsp3) is 1.00. The first-order valence-corrected chi connectivity index (χ1v) is 3.75. The second-order valence-electron chi connectivity index (χ2n) is 2.15. The van der Waals surface area contributed by atoms with Crippen LogP contribution in [0.15, 0.2) is 0 Å². The summed E-state index contributed by atoms with van der Waals surface area (Å²) in [6.45, 7) is 2.71. The number of hydrogen-bond acceptors (Lipinski definition) is 3. The van der Waals surface area contributed by atoms with Crippen LogP contribution in [0.4, 0.5) is 0 Å². The van der Waals surface area contributed by atoms with Crippen molar-refractivity contribution in [2.75, 3.05) is 33.4 Å². The lowest BCUT2D eigenvalue weighted by Crippen LogP contribution is -2.14. The lowest BCUT2D eigenvalue weighted by Gasteiger charge is -2.01. The summed E-state index contributed by atoms with van der Waals surface area (Å²) in [6, 6.07) is 0. The maximum Gasteiger partial charge on any atom is 0.0590 e. The zero-order chi connectivity index (χ0) is 7.66. The molecule has 0 saturated heterocycles. The van der Waals surface area contributed by atoms with E-state index in [0.717, 1.165) is 32.6 Å². The highest BCUT2D eigenvalue weighted by Crippen LogP contribution is 1.86. The molecule has 0 aromatic rings. The quantitative estimate of drug-likeness (QED) is 0.498. The Morgan fingerprint density at radius 1 is 1.30 bits per heavy atom. The molecular formula is C7H17NO2. The summed E-state index contributed by atoms with van der Waals surface area (Å²) >= 11 is 0. The first-order valence-electron chi connectivity index (χ1n) is 3.75. The second-order valence-corrected chi connectivity index (χ2v) is 2.15. The Morgan fingerprint density at radius 2 is 2.10 bits per heavy atom. The van der Waals surface area contributed by atoms with Gasteiger partial charge >= 0.3 is 0 Å². The number of hydrogen-bond donors (Lipinski definition) is 2. The molecule has 0 saturated carbocycles. The molecule has 0 atom stereocenters. The first-order chi connectivity index (χ1) is 4.91. The summed E-state index contributed by atoms with van der Waals surface area (Å²) < 4.78 is 5.20. The molecule has 10 heavy (non-hydrogen) atoms. The van der Waals surface area contributed by atoms with E-state index in [2.05, 4.69) is 5.32 Å². The predicted molar refractivity (Wildman–Crippen MR) is 41.1 cm³/mol. The molecule has 0 amide bonds. The van der Waals surface area contributed by atoms with Crippen molar-refractivity contribution in [2.24, 2.45) is 0 Å². The summed E-state index contributed by atoms with van der Waals surface area (Å²) in [5.41, 5.74) is 0. The average molecular weight is 147 g/mol. The highest BCUT2D eigenvalue weighted by Gasteiger charge is 1.86. The van der Waals surface area contributed by atoms with E-state index in [4.69, 9.17) is 9.84 Å². The monoisotopic (exact) mass is 147 g/mol. The van der Waals surface area contributed by atoms with Gasteiger partial charge in [-0.05, 0) is 19.9 Å². The molecule has 0 unspecified atom stereocenters. The van der Waals surface area contributed by atoms with E-state index in [1.165, 1.54) is 0 Å². The van der Waals surface area contributed by atoms with Crippen LogP contribution < -0.4 is 5.32 Å². The zero-order valence-electron chi connectivity index (χ0n) is 6.60. The molecule has 0 radical (unpaired) electrons. The Labute approximate surface area is 62.4 Å². The molecule has 0 spiro atoms. The zero-order valence-corrected chi connectivity index (χ0v) is 6.60. The van der Waals surface area contributed by atoms with E-state index in [-0.39, 0.29) is 6.61 Å². The van der Waals surface area contributed by atoms with Gasteiger partial charge in [0.25, 0.3) is 0 Å². The second kappa shape index (κ2) is 8.88. The predicted octanol–water partition coefficient (Wildman–Crippen LogP) is -0.00510. The standard InChI is InChI=1S/C7H17NO2/c1-8-4-7-10-6-3-2-5-9/h8-9H,2-7H2,1H3. The minimum Gasteiger partial charge on any atom is -0.396 e. The first kappa shape index (κ1) is 9.88. The molecule has 3 nitrogen and oxygen atoms in total. The third-order valence-corrected chi connectivity index (χ3v) is 1.19. The molecule has 2 N–H and O–H groups in total. The Balaban J connectivity index is 2.65. The molecule has 0 fully saturated rings. The van der Waals surface area contributed by atoms with Crippen LogP contribution in [0.5, 0.6) is 0 Å². The van der Waals surface area contributed by atoms with E-state index in [1.807, 2.05) is 7.05 Å². The number of aliphatic hydroxyl groups excluding tert-OH is 1. The van der Waals surface area contributed by atoms with Crippen molar-refractivity contribution < 1.29 is 9.84 Å². The van der Waals surface area contributed by atoms with Crippen LogP contribution in [0.2, 0.25) is 0 Å². The number of rotatable bonds is 7. The maximum atomic E-state index is 8.40. The van der Waals surface area contributed by atoms with Crippen LogP contribution in [-0.2, 0) is 4.74 Å². The summed E-state index contributed by atoms with van der Waals surface area (Å²) in [7, 11) is 1.90. The summed E-state index contributed by atoms with van der Waals surface area (Å²) in [6.07, 6.45) is 1.81. The lowest BCUT2D eigenvalue weighted by molar-refractivity contribution is 0.128. The fourth-order valence-corrected chi connectivity index (χ4v) is 0.592. The highest BCUT2D eigenvalue weighted by atomic mass is 16.5. The molecule has 3 heteroatoms. The number of likely N-dealkylation sites (N-methyl/N-ethyl adjacent to an activating group) is 1. The summed E-state index contributed by atoms with van der Waals surface area (Å²) in [4.78, 5) is 0. The van der Waals surface area contributed by atoms with Gasteiger partial charge in [-0.2, -0.15) is 0 Å². The number of nitrogens with one attached hydrogen (secondary N) is 1. The highest BCUT2D eigenvalue weighted by molar-refractivity contribution is 4.38. The van der Waals surface area contributed by atoms with Crippen molar-refractivity contribution in [3.05, 3.63) is 0 Å². The van der Waals surface area contributed by atoms with Gasteiger partial charge in [-0.15, -0.1) is 0 Å². The maximum absolute atomic E-state index is 8.40. The molecule has 62 valence electrons. The molecule has 0 aromatic heterocycles. The lowest BCUT2D eigenvalue weighted by atomic mass is 10.3. The van der Waals surface area contributed by atoms with Crippen molar-refractivity contribution in [2.45, 2.75) is 12.8 Å². The van der Waals surface area contributed by atoms with Crippen LogP contribution >= 0.6 is 0 Å². The Morgan fingerprint density at radius 3 is 2.70 bits per heavy atom. The summed E-state index contributed by atoms with van der Waals surface area (Å²) in [5, 5.41) is 11.4. The van der Waals surface area contributed by atoms with E-state index >= 15 is 0 Å². The minimum atomic E-state index is 0.273. The van der Waals surface area contributed by atoms with Gasteiger partial charge in [-0.25, -0.2) is 0 Å². The largest absolute Gasteiger partial charge is 0.396 e. The molecular weight excluding hydrogens is 130 g/mol. The van der Waals surface area contributed by atoms with Crippen molar-refractivity contribution in [1.82, 2.24) is 5.32 Å². The number of unbranched alkanes of at least 4 members (excludes halogenated alkanes) is 1. The molecule has 0 bridgehead atoms. The average Bonchev–Trinajstić information content (AvgIpc) is 1.97. The molecule has 0 heterocycles. The molecule has 0 aliphatic carbocycles. The third kappa shape index (κ3) is 7.88. The van der Waals surface area contributed by atoms with Gasteiger partial charge in [0, 0.05) is 19.8 Å². The fourth-order valence-electron chi connectivity index (χ4n) is 0.592. The molecule has 0 aliphatic heterocycles. The van der Waals surface area contributed by atoms with Gasteiger partial charge in [0.1, 0.15) is 0 Å². The van der Waals surface area contributed by atoms with Crippen LogP contribution in [0.1, 0.15) is 12.8 Å². The third-order valence-electron chi connectivity index (χ3n) is 1.19. The van der Waals surface area contributed by atoms with Gasteiger partial charge < -0.3 is 15.2 Å². The van der Waals surface area contributed by atoms with Crippen molar-refractivity contribution >= 4 is 0 Å². The van der Waals surface area contributed by atoms with Crippen molar-refractivity contribution in [3.63, 3.8) is 0 Å². The van der Waals surface area contributed by atoms with Gasteiger partial charge in [-0.1, -0.05) is 0 Å². The van der Waals surface area contributed by atoms with E-state index in [0.29, 0.717) is 0 Å². The van der Waals surface area contributed by atoms with Gasteiger partial charge in [0.2, 0.25) is 0 Å². The Hall–Kier alpha value is -0.120. The summed E-state index contributed by atoms with van der Waals surface area (Å²) in [5.74, 6) is 0.